The molecule has 3 N–H and O–H groups in total. The second-order valence-electron chi connectivity index (χ2n) is 7.03. The Labute approximate surface area is 172 Å². The number of hydrogen-bond donors (Lipinski definition) is 2. The molecule has 150 valence electrons. The first kappa shape index (κ1) is 21.9. The van der Waals surface area contributed by atoms with Crippen LogP contribution < -0.4 is 11.1 Å². The van der Waals surface area contributed by atoms with E-state index in [1.165, 1.54) is 0 Å². The van der Waals surface area contributed by atoms with Crippen LogP contribution >= 0.6 is 12.4 Å². The van der Waals surface area contributed by atoms with Gasteiger partial charge in [0.05, 0.1) is 11.0 Å². The first-order valence-corrected chi connectivity index (χ1v) is 9.63. The molecule has 0 bridgehead atoms. The van der Waals surface area contributed by atoms with Crippen molar-refractivity contribution in [2.45, 2.75) is 45.1 Å². The first-order valence-electron chi connectivity index (χ1n) is 9.63. The fraction of sp³-hybridized carbons (Fsp3) is 0.364. The van der Waals surface area contributed by atoms with Gasteiger partial charge in [0.25, 0.3) is 0 Å². The molecule has 28 heavy (non-hydrogen) atoms. The fourth-order valence-corrected chi connectivity index (χ4v) is 3.20. The third-order valence-electron chi connectivity index (χ3n) is 5.27. The molecule has 0 radical (unpaired) electrons. The summed E-state index contributed by atoms with van der Waals surface area (Å²) in [6, 6.07) is 18.2. The number of rotatable bonds is 8. The Balaban J connectivity index is 0.00000280. The summed E-state index contributed by atoms with van der Waals surface area (Å²) in [5.74, 6) is 0.904. The fourth-order valence-electron chi connectivity index (χ4n) is 3.20. The monoisotopic (exact) mass is 400 g/mol. The number of carbonyl (C=O) groups excluding carboxylic acids is 1. The number of para-hydroxylation sites is 3. The Hall–Kier alpha value is -2.37. The number of hydrogen-bond acceptors (Lipinski definition) is 3. The van der Waals surface area contributed by atoms with Crippen LogP contribution in [0.25, 0.3) is 16.7 Å². The minimum Gasteiger partial charge on any atom is -0.354 e. The van der Waals surface area contributed by atoms with E-state index in [4.69, 9.17) is 10.7 Å². The lowest BCUT2D eigenvalue weighted by molar-refractivity contribution is -0.121. The molecule has 0 fully saturated rings. The zero-order chi connectivity index (χ0) is 19.3. The quantitative estimate of drug-likeness (QED) is 0.599. The van der Waals surface area contributed by atoms with Crippen LogP contribution in [0.3, 0.4) is 0 Å². The van der Waals surface area contributed by atoms with Crippen LogP contribution in [0, 0.1) is 0 Å². The maximum absolute atomic E-state index is 12.4. The van der Waals surface area contributed by atoms with Crippen LogP contribution in [0.5, 0.6) is 0 Å². The molecule has 0 atom stereocenters. The van der Waals surface area contributed by atoms with Gasteiger partial charge < -0.3 is 11.1 Å². The summed E-state index contributed by atoms with van der Waals surface area (Å²) in [6.45, 7) is 4.61. The van der Waals surface area contributed by atoms with Crippen LogP contribution in [0.15, 0.2) is 54.6 Å². The normalized spacial score (nSPS) is 11.2. The topological polar surface area (TPSA) is 72.9 Å². The van der Waals surface area contributed by atoms with Crippen molar-refractivity contribution < 1.29 is 4.79 Å². The molecule has 3 aromatic rings. The number of nitrogens with two attached hydrogens (primary N) is 1. The molecule has 0 saturated carbocycles. The lowest BCUT2D eigenvalue weighted by Gasteiger charge is -2.26. The molecular formula is C22H29ClN4O. The lowest BCUT2D eigenvalue weighted by atomic mass is 9.94. The number of halogens is 1. The van der Waals surface area contributed by atoms with Gasteiger partial charge in [0.15, 0.2) is 0 Å². The van der Waals surface area contributed by atoms with Gasteiger partial charge in [0.2, 0.25) is 5.91 Å². The van der Waals surface area contributed by atoms with E-state index in [-0.39, 0.29) is 23.9 Å². The van der Waals surface area contributed by atoms with E-state index < -0.39 is 0 Å². The van der Waals surface area contributed by atoms with E-state index in [1.54, 1.807) is 0 Å². The largest absolute Gasteiger partial charge is 0.354 e. The predicted octanol–water partition coefficient (Wildman–Crippen LogP) is 4.01. The van der Waals surface area contributed by atoms with Gasteiger partial charge in [-0.3, -0.25) is 9.36 Å². The number of nitrogens with zero attached hydrogens (tertiary/aromatic N) is 2. The summed E-state index contributed by atoms with van der Waals surface area (Å²) in [6.07, 6.45) is 2.64. The molecule has 0 saturated heterocycles. The highest BCUT2D eigenvalue weighted by Gasteiger charge is 2.21. The zero-order valence-electron chi connectivity index (χ0n) is 16.5. The Morgan fingerprint density at radius 3 is 2.39 bits per heavy atom. The summed E-state index contributed by atoms with van der Waals surface area (Å²) < 4.78 is 2.13. The predicted molar refractivity (Wildman–Crippen MR) is 117 cm³/mol. The number of carbonyl (C=O) groups is 1. The van der Waals surface area contributed by atoms with Crippen molar-refractivity contribution in [1.29, 1.82) is 0 Å². The summed E-state index contributed by atoms with van der Waals surface area (Å²) in [5.41, 5.74) is 8.99. The molecule has 1 aromatic heterocycles. The van der Waals surface area contributed by atoms with Crippen molar-refractivity contribution >= 4 is 29.3 Å². The van der Waals surface area contributed by atoms with E-state index in [9.17, 15) is 4.79 Å². The van der Waals surface area contributed by atoms with Crippen LogP contribution in [-0.4, -0.2) is 27.5 Å². The molecule has 0 spiro atoms. The Morgan fingerprint density at radius 2 is 1.71 bits per heavy atom. The number of benzene rings is 2. The summed E-state index contributed by atoms with van der Waals surface area (Å²) >= 11 is 0. The van der Waals surface area contributed by atoms with Gasteiger partial charge in [0.1, 0.15) is 5.82 Å². The van der Waals surface area contributed by atoms with Crippen LogP contribution in [-0.2, 0) is 11.2 Å². The van der Waals surface area contributed by atoms with E-state index in [0.29, 0.717) is 19.4 Å². The Bertz CT molecular complexity index is 903. The van der Waals surface area contributed by atoms with Crippen LogP contribution in [0.1, 0.15) is 38.9 Å². The third kappa shape index (κ3) is 4.91. The van der Waals surface area contributed by atoms with E-state index >= 15 is 0 Å². The van der Waals surface area contributed by atoms with Gasteiger partial charge in [0, 0.05) is 30.6 Å². The highest BCUT2D eigenvalue weighted by Crippen LogP contribution is 2.22. The summed E-state index contributed by atoms with van der Waals surface area (Å²) in [4.78, 5) is 17.1. The Kier molecular flexibility index (Phi) is 7.61. The molecule has 0 unspecified atom stereocenters. The smallest absolute Gasteiger partial charge is 0.220 e. The van der Waals surface area contributed by atoms with Crippen molar-refractivity contribution in [3.8, 4) is 5.69 Å². The van der Waals surface area contributed by atoms with Gasteiger partial charge in [-0.05, 0) is 37.1 Å². The molecule has 1 heterocycles. The standard InChI is InChI=1S/C22H28N4O.ClH/c1-3-22(23,4-2)16-24-21(27)15-14-20-25-18-12-8-9-13-19(18)26(20)17-10-6-5-7-11-17;/h5-13H,3-4,14-16,23H2,1-2H3,(H,24,27);1H. The maximum Gasteiger partial charge on any atom is 0.220 e. The van der Waals surface area contributed by atoms with E-state index in [1.807, 2.05) is 36.4 Å². The molecule has 6 heteroatoms. The minimum absolute atomic E-state index is 0. The SMILES string of the molecule is CCC(N)(CC)CNC(=O)CCc1nc2ccccc2n1-c1ccccc1.Cl. The number of amides is 1. The third-order valence-corrected chi connectivity index (χ3v) is 5.27. The molecule has 5 nitrogen and oxygen atoms in total. The van der Waals surface area contributed by atoms with E-state index in [0.717, 1.165) is 35.4 Å². The molecular weight excluding hydrogens is 372 g/mol. The maximum atomic E-state index is 12.4. The van der Waals surface area contributed by atoms with Crippen molar-refractivity contribution in [3.05, 3.63) is 60.4 Å². The van der Waals surface area contributed by atoms with Gasteiger partial charge in [-0.15, -0.1) is 12.4 Å². The number of aromatic nitrogens is 2. The van der Waals surface area contributed by atoms with Gasteiger partial charge in [-0.25, -0.2) is 4.98 Å². The molecule has 0 aliphatic rings. The van der Waals surface area contributed by atoms with E-state index in [2.05, 4.69) is 41.9 Å². The zero-order valence-corrected chi connectivity index (χ0v) is 17.3. The van der Waals surface area contributed by atoms with Crippen molar-refractivity contribution in [2.75, 3.05) is 6.54 Å². The minimum atomic E-state index is -0.327. The average molecular weight is 401 g/mol. The van der Waals surface area contributed by atoms with Crippen LogP contribution in [0.2, 0.25) is 0 Å². The summed E-state index contributed by atoms with van der Waals surface area (Å²) in [7, 11) is 0. The van der Waals surface area contributed by atoms with Gasteiger partial charge in [-0.2, -0.15) is 0 Å². The average Bonchev–Trinajstić information content (AvgIpc) is 3.09. The first-order chi connectivity index (χ1) is 13.1. The summed E-state index contributed by atoms with van der Waals surface area (Å²) in [5, 5.41) is 2.99. The molecule has 1 amide bonds. The van der Waals surface area contributed by atoms with Crippen molar-refractivity contribution in [2.24, 2.45) is 5.73 Å². The molecule has 3 rings (SSSR count). The molecule has 0 aliphatic carbocycles. The van der Waals surface area contributed by atoms with Crippen molar-refractivity contribution in [3.63, 3.8) is 0 Å². The number of fused-ring (bicyclic) bond motifs is 1. The van der Waals surface area contributed by atoms with Gasteiger partial charge in [-0.1, -0.05) is 44.2 Å². The van der Waals surface area contributed by atoms with Crippen LogP contribution in [0.4, 0.5) is 0 Å². The van der Waals surface area contributed by atoms with Gasteiger partial charge >= 0.3 is 0 Å². The number of aryl methyl sites for hydroxylation is 1. The number of imidazole rings is 1. The second kappa shape index (κ2) is 9.71. The lowest BCUT2D eigenvalue weighted by Crippen LogP contribution is -2.49. The highest BCUT2D eigenvalue weighted by atomic mass is 35.5. The number of nitrogens with one attached hydrogen (secondary N) is 1. The second-order valence-corrected chi connectivity index (χ2v) is 7.03. The Morgan fingerprint density at radius 1 is 1.07 bits per heavy atom. The molecule has 2 aromatic carbocycles. The van der Waals surface area contributed by atoms with Crippen molar-refractivity contribution in [1.82, 2.24) is 14.9 Å². The highest BCUT2D eigenvalue weighted by molar-refractivity contribution is 5.85. The molecule has 0 aliphatic heterocycles.